The molecule has 0 unspecified atom stereocenters. The Hall–Kier alpha value is -2.63. The first kappa shape index (κ1) is 12.8. The first-order valence-electron chi connectivity index (χ1n) is 5.47. The lowest BCUT2D eigenvalue weighted by Crippen LogP contribution is -2.14. The quantitative estimate of drug-likeness (QED) is 0.794. The maximum atomic E-state index is 12.7. The van der Waals surface area contributed by atoms with Crippen LogP contribution >= 0.6 is 0 Å². The lowest BCUT2D eigenvalue weighted by Gasteiger charge is -2.04. The van der Waals surface area contributed by atoms with Crippen molar-refractivity contribution in [3.63, 3.8) is 0 Å². The smallest absolute Gasteiger partial charge is 0.354 e. The van der Waals surface area contributed by atoms with Crippen LogP contribution in [0.1, 0.15) is 26.5 Å². The predicted molar refractivity (Wildman–Crippen MR) is 66.8 cm³/mol. The molecule has 0 aliphatic carbocycles. The number of nitrogens with one attached hydrogen (secondary N) is 2. The molecule has 0 spiro atoms. The van der Waals surface area contributed by atoms with Gasteiger partial charge in [0.1, 0.15) is 11.5 Å². The van der Waals surface area contributed by atoms with Crippen molar-refractivity contribution in [3.8, 4) is 0 Å². The van der Waals surface area contributed by atoms with Crippen LogP contribution in [0.5, 0.6) is 0 Å². The third kappa shape index (κ3) is 2.79. The molecular weight excluding hydrogens is 251 g/mol. The number of aryl methyl sites for hydroxylation is 1. The summed E-state index contributed by atoms with van der Waals surface area (Å²) < 4.78 is 12.7. The maximum absolute atomic E-state index is 12.7. The Morgan fingerprint density at radius 2 is 1.89 bits per heavy atom. The number of aromatic nitrogens is 1. The highest BCUT2D eigenvalue weighted by molar-refractivity contribution is 6.07. The first-order chi connectivity index (χ1) is 8.97. The van der Waals surface area contributed by atoms with Gasteiger partial charge in [0.2, 0.25) is 0 Å². The maximum Gasteiger partial charge on any atom is 0.354 e. The van der Waals surface area contributed by atoms with Gasteiger partial charge < -0.3 is 15.4 Å². The van der Waals surface area contributed by atoms with Gasteiger partial charge in [-0.15, -0.1) is 0 Å². The number of amides is 1. The summed E-state index contributed by atoms with van der Waals surface area (Å²) in [6.45, 7) is 1.68. The highest BCUT2D eigenvalue weighted by Gasteiger charge is 2.16. The number of hydrogen-bond donors (Lipinski definition) is 3. The van der Waals surface area contributed by atoms with Crippen molar-refractivity contribution in [2.75, 3.05) is 5.32 Å². The molecule has 0 atom stereocenters. The van der Waals surface area contributed by atoms with E-state index < -0.39 is 17.7 Å². The van der Waals surface area contributed by atoms with E-state index in [1.54, 1.807) is 6.92 Å². The van der Waals surface area contributed by atoms with Crippen LogP contribution in [-0.4, -0.2) is 22.0 Å². The molecule has 1 amide bonds. The topological polar surface area (TPSA) is 82.2 Å². The summed E-state index contributed by atoms with van der Waals surface area (Å²) in [4.78, 5) is 25.5. The van der Waals surface area contributed by atoms with E-state index in [4.69, 9.17) is 5.11 Å². The highest BCUT2D eigenvalue weighted by atomic mass is 19.1. The zero-order valence-electron chi connectivity index (χ0n) is 10.0. The van der Waals surface area contributed by atoms with Crippen LogP contribution in [0.4, 0.5) is 10.1 Å². The molecule has 1 aromatic heterocycles. The summed E-state index contributed by atoms with van der Waals surface area (Å²) in [7, 11) is 0. The fraction of sp³-hybridized carbons (Fsp3) is 0.0769. The van der Waals surface area contributed by atoms with E-state index in [9.17, 15) is 14.0 Å². The standard InChI is InChI=1S/C13H11FN2O3/c1-7-6-10(11(15-7)13(18)19)16-12(17)8-2-4-9(14)5-3-8/h2-6,15H,1H3,(H,16,17)(H,18,19). The molecule has 0 saturated heterocycles. The number of carbonyl (C=O) groups is 2. The van der Waals surface area contributed by atoms with Crippen LogP contribution in [0.3, 0.4) is 0 Å². The Bertz CT molecular complexity index is 632. The van der Waals surface area contributed by atoms with Crippen molar-refractivity contribution >= 4 is 17.6 Å². The summed E-state index contributed by atoms with van der Waals surface area (Å²) >= 11 is 0. The van der Waals surface area contributed by atoms with E-state index >= 15 is 0 Å². The van der Waals surface area contributed by atoms with Crippen LogP contribution in [0.15, 0.2) is 30.3 Å². The van der Waals surface area contributed by atoms with Gasteiger partial charge in [-0.05, 0) is 37.3 Å². The van der Waals surface area contributed by atoms with Gasteiger partial charge in [0, 0.05) is 11.3 Å². The summed E-state index contributed by atoms with van der Waals surface area (Å²) in [6.07, 6.45) is 0. The van der Waals surface area contributed by atoms with Crippen LogP contribution in [0, 0.1) is 12.7 Å². The lowest BCUT2D eigenvalue weighted by molar-refractivity contribution is 0.0692. The molecule has 0 aliphatic heterocycles. The minimum atomic E-state index is -1.16. The van der Waals surface area contributed by atoms with Crippen molar-refractivity contribution in [2.24, 2.45) is 0 Å². The molecule has 98 valence electrons. The van der Waals surface area contributed by atoms with Crippen LogP contribution in [0.25, 0.3) is 0 Å². The zero-order valence-corrected chi connectivity index (χ0v) is 10.0. The monoisotopic (exact) mass is 262 g/mol. The lowest BCUT2D eigenvalue weighted by atomic mass is 10.2. The molecule has 0 aliphatic rings. The number of anilines is 1. The third-order valence-electron chi connectivity index (χ3n) is 2.52. The largest absolute Gasteiger partial charge is 0.477 e. The molecule has 2 aromatic rings. The van der Waals surface area contributed by atoms with Crippen molar-refractivity contribution in [3.05, 3.63) is 53.1 Å². The number of rotatable bonds is 3. The van der Waals surface area contributed by atoms with Crippen LogP contribution in [-0.2, 0) is 0 Å². The van der Waals surface area contributed by atoms with Crippen molar-refractivity contribution in [1.29, 1.82) is 0 Å². The molecule has 5 nitrogen and oxygen atoms in total. The Morgan fingerprint density at radius 3 is 2.47 bits per heavy atom. The molecule has 19 heavy (non-hydrogen) atoms. The van der Waals surface area contributed by atoms with Gasteiger partial charge in [0.25, 0.3) is 5.91 Å². The number of aromatic amines is 1. The Kier molecular flexibility index (Phi) is 3.33. The fourth-order valence-electron chi connectivity index (χ4n) is 1.65. The number of aromatic carboxylic acids is 1. The number of H-pyrrole nitrogens is 1. The van der Waals surface area contributed by atoms with Crippen molar-refractivity contribution in [2.45, 2.75) is 6.92 Å². The molecule has 3 N–H and O–H groups in total. The molecule has 6 heteroatoms. The summed E-state index contributed by atoms with van der Waals surface area (Å²) in [5, 5.41) is 11.4. The number of carboxylic acid groups (broad SMARTS) is 1. The highest BCUT2D eigenvalue weighted by Crippen LogP contribution is 2.18. The van der Waals surface area contributed by atoms with Crippen molar-refractivity contribution < 1.29 is 19.1 Å². The molecule has 0 radical (unpaired) electrons. The number of hydrogen-bond acceptors (Lipinski definition) is 2. The number of benzene rings is 1. The Labute approximate surface area is 108 Å². The summed E-state index contributed by atoms with van der Waals surface area (Å²) in [6, 6.07) is 6.49. The molecule has 0 fully saturated rings. The fourth-order valence-corrected chi connectivity index (χ4v) is 1.65. The van der Waals surface area contributed by atoms with Gasteiger partial charge in [0.05, 0.1) is 5.69 Å². The minimum absolute atomic E-state index is 0.0899. The van der Waals surface area contributed by atoms with Gasteiger partial charge in [-0.2, -0.15) is 0 Å². The van der Waals surface area contributed by atoms with Gasteiger partial charge in [-0.3, -0.25) is 4.79 Å². The number of carboxylic acids is 1. The van der Waals surface area contributed by atoms with E-state index in [1.807, 2.05) is 0 Å². The SMILES string of the molecule is Cc1cc(NC(=O)c2ccc(F)cc2)c(C(=O)O)[nH]1. The first-order valence-corrected chi connectivity index (χ1v) is 5.47. The minimum Gasteiger partial charge on any atom is -0.477 e. The van der Waals surface area contributed by atoms with Crippen LogP contribution in [0.2, 0.25) is 0 Å². The second-order valence-electron chi connectivity index (χ2n) is 4.01. The normalized spacial score (nSPS) is 10.2. The van der Waals surface area contributed by atoms with E-state index in [1.165, 1.54) is 18.2 Å². The zero-order chi connectivity index (χ0) is 14.0. The van der Waals surface area contributed by atoms with E-state index in [0.29, 0.717) is 5.69 Å². The molecule has 2 rings (SSSR count). The van der Waals surface area contributed by atoms with Crippen LogP contribution < -0.4 is 5.32 Å². The molecule has 1 heterocycles. The summed E-state index contributed by atoms with van der Waals surface area (Å²) in [5.41, 5.74) is 0.954. The second kappa shape index (κ2) is 4.93. The third-order valence-corrected chi connectivity index (χ3v) is 2.52. The summed E-state index contributed by atoms with van der Waals surface area (Å²) in [5.74, 6) is -2.11. The average Bonchev–Trinajstić information content (AvgIpc) is 2.71. The van der Waals surface area contributed by atoms with Gasteiger partial charge >= 0.3 is 5.97 Å². The molecular formula is C13H11FN2O3. The van der Waals surface area contributed by atoms with Gasteiger partial charge in [-0.1, -0.05) is 0 Å². The van der Waals surface area contributed by atoms with E-state index in [-0.39, 0.29) is 16.9 Å². The molecule has 0 saturated carbocycles. The van der Waals surface area contributed by atoms with E-state index in [2.05, 4.69) is 10.3 Å². The molecule has 0 bridgehead atoms. The number of carbonyl (C=O) groups excluding carboxylic acids is 1. The van der Waals surface area contributed by atoms with Crippen molar-refractivity contribution in [1.82, 2.24) is 4.98 Å². The Morgan fingerprint density at radius 1 is 1.26 bits per heavy atom. The predicted octanol–water partition coefficient (Wildman–Crippen LogP) is 2.41. The number of halogens is 1. The molecule has 1 aromatic carbocycles. The van der Waals surface area contributed by atoms with Gasteiger partial charge in [-0.25, -0.2) is 9.18 Å². The Balaban J connectivity index is 2.24. The second-order valence-corrected chi connectivity index (χ2v) is 4.01. The van der Waals surface area contributed by atoms with Gasteiger partial charge in [0.15, 0.2) is 0 Å². The average molecular weight is 262 g/mol. The van der Waals surface area contributed by atoms with E-state index in [0.717, 1.165) is 12.1 Å².